The van der Waals surface area contributed by atoms with Gasteiger partial charge in [0.2, 0.25) is 0 Å². The van der Waals surface area contributed by atoms with Crippen LogP contribution in [0.3, 0.4) is 0 Å². The van der Waals surface area contributed by atoms with Gasteiger partial charge in [0.1, 0.15) is 0 Å². The standard InChI is InChI=1S/C10H11Cl2NO/c11-8-5-13-6-9(12)7(8)1-2-10(14)3-4-10/h5-6,14H,1-4H2. The van der Waals surface area contributed by atoms with Gasteiger partial charge in [-0.3, -0.25) is 4.98 Å². The lowest BCUT2D eigenvalue weighted by atomic mass is 10.1. The fourth-order valence-electron chi connectivity index (χ4n) is 1.43. The Bertz CT molecular complexity index is 330. The topological polar surface area (TPSA) is 33.1 Å². The van der Waals surface area contributed by atoms with Crippen molar-refractivity contribution >= 4 is 23.2 Å². The molecule has 1 fully saturated rings. The maximum Gasteiger partial charge on any atom is 0.0653 e. The molecule has 1 heterocycles. The smallest absolute Gasteiger partial charge is 0.0653 e. The number of hydrogen-bond donors (Lipinski definition) is 1. The van der Waals surface area contributed by atoms with Gasteiger partial charge < -0.3 is 5.11 Å². The molecule has 1 aliphatic rings. The van der Waals surface area contributed by atoms with Crippen LogP contribution in [0, 0.1) is 0 Å². The van der Waals surface area contributed by atoms with E-state index in [1.165, 1.54) is 0 Å². The zero-order valence-corrected chi connectivity index (χ0v) is 9.15. The Balaban J connectivity index is 2.08. The van der Waals surface area contributed by atoms with Crippen LogP contribution in [0.4, 0.5) is 0 Å². The Morgan fingerprint density at radius 2 is 1.86 bits per heavy atom. The summed E-state index contributed by atoms with van der Waals surface area (Å²) in [7, 11) is 0. The van der Waals surface area contributed by atoms with Crippen molar-refractivity contribution in [1.82, 2.24) is 4.98 Å². The molecular formula is C10H11Cl2NO. The Hall–Kier alpha value is -0.310. The molecule has 0 amide bonds. The molecule has 1 aliphatic carbocycles. The Morgan fingerprint density at radius 1 is 1.29 bits per heavy atom. The van der Waals surface area contributed by atoms with Crippen molar-refractivity contribution in [3.05, 3.63) is 28.0 Å². The van der Waals surface area contributed by atoms with Crippen LogP contribution in [0.1, 0.15) is 24.8 Å². The average Bonchev–Trinajstić information content (AvgIpc) is 2.83. The lowest BCUT2D eigenvalue weighted by molar-refractivity contribution is 0.140. The molecule has 0 unspecified atom stereocenters. The fraction of sp³-hybridized carbons (Fsp3) is 0.500. The number of hydrogen-bond acceptors (Lipinski definition) is 2. The van der Waals surface area contributed by atoms with Crippen LogP contribution in [-0.4, -0.2) is 15.7 Å². The second kappa shape index (κ2) is 3.69. The summed E-state index contributed by atoms with van der Waals surface area (Å²) in [5.74, 6) is 0. The number of rotatable bonds is 3. The molecule has 14 heavy (non-hydrogen) atoms. The van der Waals surface area contributed by atoms with E-state index in [-0.39, 0.29) is 0 Å². The molecule has 0 aromatic carbocycles. The highest BCUT2D eigenvalue weighted by atomic mass is 35.5. The summed E-state index contributed by atoms with van der Waals surface area (Å²) in [5, 5.41) is 10.8. The quantitative estimate of drug-likeness (QED) is 0.869. The largest absolute Gasteiger partial charge is 0.390 e. The normalized spacial score (nSPS) is 18.2. The van der Waals surface area contributed by atoms with E-state index in [0.29, 0.717) is 10.0 Å². The minimum Gasteiger partial charge on any atom is -0.390 e. The van der Waals surface area contributed by atoms with Crippen molar-refractivity contribution in [2.24, 2.45) is 0 Å². The number of halogens is 2. The van der Waals surface area contributed by atoms with Gasteiger partial charge in [0.05, 0.1) is 15.6 Å². The minimum atomic E-state index is -0.448. The minimum absolute atomic E-state index is 0.448. The third-order valence-electron chi connectivity index (χ3n) is 2.62. The van der Waals surface area contributed by atoms with Crippen LogP contribution in [0.25, 0.3) is 0 Å². The van der Waals surface area contributed by atoms with Crippen LogP contribution < -0.4 is 0 Å². The molecule has 1 aromatic heterocycles. The van der Waals surface area contributed by atoms with E-state index in [1.807, 2.05) is 0 Å². The number of pyridine rings is 1. The number of nitrogens with zero attached hydrogens (tertiary/aromatic N) is 1. The molecule has 0 aliphatic heterocycles. The van der Waals surface area contributed by atoms with Gasteiger partial charge in [0.25, 0.3) is 0 Å². The molecule has 1 saturated carbocycles. The molecule has 2 rings (SSSR count). The van der Waals surface area contributed by atoms with Crippen molar-refractivity contribution < 1.29 is 5.11 Å². The number of aliphatic hydroxyl groups is 1. The van der Waals surface area contributed by atoms with E-state index < -0.39 is 5.60 Å². The molecule has 0 bridgehead atoms. The highest BCUT2D eigenvalue weighted by molar-refractivity contribution is 6.35. The zero-order valence-electron chi connectivity index (χ0n) is 7.63. The third-order valence-corrected chi connectivity index (χ3v) is 3.27. The first kappa shape index (κ1) is 10.2. The van der Waals surface area contributed by atoms with Crippen LogP contribution >= 0.6 is 23.2 Å². The van der Waals surface area contributed by atoms with Crippen LogP contribution in [-0.2, 0) is 6.42 Å². The van der Waals surface area contributed by atoms with Crippen molar-refractivity contribution in [1.29, 1.82) is 0 Å². The van der Waals surface area contributed by atoms with E-state index in [9.17, 15) is 5.11 Å². The highest BCUT2D eigenvalue weighted by Crippen LogP contribution is 2.40. The zero-order chi connectivity index (χ0) is 10.2. The van der Waals surface area contributed by atoms with E-state index >= 15 is 0 Å². The van der Waals surface area contributed by atoms with Crippen LogP contribution in [0.5, 0.6) is 0 Å². The molecule has 1 aromatic rings. The van der Waals surface area contributed by atoms with E-state index in [0.717, 1.165) is 31.2 Å². The Morgan fingerprint density at radius 3 is 2.36 bits per heavy atom. The summed E-state index contributed by atoms with van der Waals surface area (Å²) >= 11 is 11.9. The van der Waals surface area contributed by atoms with E-state index in [2.05, 4.69) is 4.98 Å². The maximum absolute atomic E-state index is 9.67. The van der Waals surface area contributed by atoms with Gasteiger partial charge >= 0.3 is 0 Å². The van der Waals surface area contributed by atoms with Gasteiger partial charge in [-0.15, -0.1) is 0 Å². The molecule has 0 atom stereocenters. The molecule has 4 heteroatoms. The Kier molecular flexibility index (Phi) is 2.69. The SMILES string of the molecule is OC1(CCc2c(Cl)cncc2Cl)CC1. The molecule has 0 saturated heterocycles. The summed E-state index contributed by atoms with van der Waals surface area (Å²) in [6, 6.07) is 0. The highest BCUT2D eigenvalue weighted by Gasteiger charge is 2.39. The predicted molar refractivity (Wildman–Crippen MR) is 56.8 cm³/mol. The Labute approximate surface area is 92.9 Å². The van der Waals surface area contributed by atoms with Gasteiger partial charge in [-0.05, 0) is 31.2 Å². The third kappa shape index (κ3) is 2.19. The first-order valence-corrected chi connectivity index (χ1v) is 5.37. The monoisotopic (exact) mass is 231 g/mol. The van der Waals surface area contributed by atoms with E-state index in [1.54, 1.807) is 12.4 Å². The first-order chi connectivity index (χ1) is 6.61. The molecule has 0 spiro atoms. The second-order valence-corrected chi connectivity index (χ2v) is 4.62. The van der Waals surface area contributed by atoms with Crippen molar-refractivity contribution in [2.75, 3.05) is 0 Å². The molecular weight excluding hydrogens is 221 g/mol. The van der Waals surface area contributed by atoms with Crippen LogP contribution in [0.15, 0.2) is 12.4 Å². The molecule has 76 valence electrons. The molecule has 2 nitrogen and oxygen atoms in total. The molecule has 1 N–H and O–H groups in total. The second-order valence-electron chi connectivity index (χ2n) is 3.81. The molecule has 0 radical (unpaired) electrons. The van der Waals surface area contributed by atoms with Crippen molar-refractivity contribution in [3.8, 4) is 0 Å². The maximum atomic E-state index is 9.67. The van der Waals surface area contributed by atoms with Crippen molar-refractivity contribution in [3.63, 3.8) is 0 Å². The first-order valence-electron chi connectivity index (χ1n) is 4.61. The summed E-state index contributed by atoms with van der Waals surface area (Å²) in [6.07, 6.45) is 6.41. The van der Waals surface area contributed by atoms with Crippen LogP contribution in [0.2, 0.25) is 10.0 Å². The lowest BCUT2D eigenvalue weighted by Gasteiger charge is -2.09. The lowest BCUT2D eigenvalue weighted by Crippen LogP contribution is -2.08. The predicted octanol–water partition coefficient (Wildman–Crippen LogP) is 2.85. The average molecular weight is 232 g/mol. The summed E-state index contributed by atoms with van der Waals surface area (Å²) in [4.78, 5) is 3.88. The van der Waals surface area contributed by atoms with Crippen molar-refractivity contribution in [2.45, 2.75) is 31.3 Å². The van der Waals surface area contributed by atoms with Gasteiger partial charge in [-0.2, -0.15) is 0 Å². The van der Waals surface area contributed by atoms with Gasteiger partial charge in [0, 0.05) is 12.4 Å². The number of aromatic nitrogens is 1. The van der Waals surface area contributed by atoms with Gasteiger partial charge in [-0.1, -0.05) is 23.2 Å². The fourth-order valence-corrected chi connectivity index (χ4v) is 1.98. The van der Waals surface area contributed by atoms with Gasteiger partial charge in [-0.25, -0.2) is 0 Å². The summed E-state index contributed by atoms with van der Waals surface area (Å²) < 4.78 is 0. The van der Waals surface area contributed by atoms with E-state index in [4.69, 9.17) is 23.2 Å². The summed E-state index contributed by atoms with van der Waals surface area (Å²) in [6.45, 7) is 0. The summed E-state index contributed by atoms with van der Waals surface area (Å²) in [5.41, 5.74) is 0.444. The van der Waals surface area contributed by atoms with Gasteiger partial charge in [0.15, 0.2) is 0 Å².